The number of benzene rings is 2. The minimum atomic E-state index is 0.456. The highest BCUT2D eigenvalue weighted by Crippen LogP contribution is 2.31. The lowest BCUT2D eigenvalue weighted by molar-refractivity contribution is 0.750. The van der Waals surface area contributed by atoms with Crippen molar-refractivity contribution >= 4 is 35.7 Å². The second-order valence-corrected chi connectivity index (χ2v) is 8.88. The van der Waals surface area contributed by atoms with Crippen molar-refractivity contribution in [2.75, 3.05) is 0 Å². The third-order valence-electron chi connectivity index (χ3n) is 4.22. The first kappa shape index (κ1) is 19.6. The molecule has 0 aliphatic heterocycles. The third-order valence-corrected chi connectivity index (χ3v) is 7.08. The van der Waals surface area contributed by atoms with Crippen LogP contribution in [0.4, 0.5) is 0 Å². The van der Waals surface area contributed by atoms with Crippen LogP contribution >= 0.6 is 23.5 Å². The van der Waals surface area contributed by atoms with E-state index in [-0.39, 0.29) is 0 Å². The third kappa shape index (κ3) is 6.19. The van der Waals surface area contributed by atoms with Gasteiger partial charge in [0, 0.05) is 30.4 Å². The van der Waals surface area contributed by atoms with Crippen LogP contribution in [0.3, 0.4) is 0 Å². The van der Waals surface area contributed by atoms with Gasteiger partial charge in [-0.05, 0) is 22.3 Å². The van der Waals surface area contributed by atoms with E-state index in [0.29, 0.717) is 4.58 Å². The van der Waals surface area contributed by atoms with Crippen molar-refractivity contribution in [3.05, 3.63) is 103 Å². The summed E-state index contributed by atoms with van der Waals surface area (Å²) in [6.45, 7) is 8.58. The number of aromatic nitrogens is 2. The minimum Gasteiger partial charge on any atom is -0.336 e. The normalized spacial score (nSPS) is 10.9. The molecule has 1 heterocycles. The van der Waals surface area contributed by atoms with Gasteiger partial charge < -0.3 is 4.57 Å². The largest absolute Gasteiger partial charge is 0.336 e. The first-order valence-electron chi connectivity index (χ1n) is 8.88. The number of rotatable bonds is 10. The lowest BCUT2D eigenvalue weighted by atomic mass is 10.1. The van der Waals surface area contributed by atoms with Crippen molar-refractivity contribution in [3.63, 3.8) is 0 Å². The van der Waals surface area contributed by atoms with Gasteiger partial charge in [0.15, 0.2) is 0 Å². The van der Waals surface area contributed by atoms with E-state index in [9.17, 15) is 0 Å². The van der Waals surface area contributed by atoms with Crippen LogP contribution in [-0.4, -0.2) is 14.1 Å². The molecule has 1 aromatic heterocycles. The molecular weight excluding hydrogens is 368 g/mol. The zero-order chi connectivity index (χ0) is 18.9. The number of hydrogen-bond donors (Lipinski definition) is 0. The maximum atomic E-state index is 4.18. The van der Waals surface area contributed by atoms with Crippen LogP contribution in [0.25, 0.3) is 12.2 Å². The van der Waals surface area contributed by atoms with Crippen molar-refractivity contribution in [1.82, 2.24) is 9.55 Å². The molecule has 0 atom stereocenters. The highest BCUT2D eigenvalue weighted by atomic mass is 32.2. The van der Waals surface area contributed by atoms with E-state index in [0.717, 1.165) is 29.2 Å². The molecule has 0 aliphatic rings. The quantitative estimate of drug-likeness (QED) is 0.374. The molecule has 0 radical (unpaired) electrons. The number of thioether (sulfide) groups is 2. The summed E-state index contributed by atoms with van der Waals surface area (Å²) >= 11 is 3.97. The Bertz CT molecular complexity index is 782. The maximum absolute atomic E-state index is 4.18. The fourth-order valence-electron chi connectivity index (χ4n) is 2.60. The Morgan fingerprint density at radius 1 is 0.852 bits per heavy atom. The first-order valence-corrected chi connectivity index (χ1v) is 11.0. The van der Waals surface area contributed by atoms with Gasteiger partial charge in [-0.1, -0.05) is 73.8 Å². The van der Waals surface area contributed by atoms with Crippen LogP contribution in [-0.2, 0) is 18.1 Å². The smallest absolute Gasteiger partial charge is 0.0946 e. The lowest BCUT2D eigenvalue weighted by Gasteiger charge is -2.17. The Hall–Kier alpha value is -2.17. The summed E-state index contributed by atoms with van der Waals surface area (Å²) in [7, 11) is 0. The molecule has 0 amide bonds. The Labute approximate surface area is 170 Å². The molecule has 0 saturated carbocycles. The van der Waals surface area contributed by atoms with Crippen molar-refractivity contribution in [2.24, 2.45) is 0 Å². The summed E-state index contributed by atoms with van der Waals surface area (Å²) in [6, 6.07) is 17.3. The Kier molecular flexibility index (Phi) is 7.43. The summed E-state index contributed by atoms with van der Waals surface area (Å²) < 4.78 is 2.61. The van der Waals surface area contributed by atoms with Gasteiger partial charge in [0.25, 0.3) is 0 Å². The van der Waals surface area contributed by atoms with Gasteiger partial charge in [-0.25, -0.2) is 4.98 Å². The molecule has 4 heteroatoms. The van der Waals surface area contributed by atoms with Gasteiger partial charge in [0.1, 0.15) is 0 Å². The number of imidazole rings is 1. The monoisotopic (exact) mass is 392 g/mol. The average molecular weight is 393 g/mol. The fraction of sp³-hybridized carbons (Fsp3) is 0.174. The first-order chi connectivity index (χ1) is 13.3. The molecule has 0 saturated heterocycles. The zero-order valence-electron chi connectivity index (χ0n) is 15.3. The summed E-state index contributed by atoms with van der Waals surface area (Å²) in [6.07, 6.45) is 9.53. The molecule has 0 spiro atoms. The van der Waals surface area contributed by atoms with Gasteiger partial charge in [-0.3, -0.25) is 0 Å². The van der Waals surface area contributed by atoms with E-state index in [1.807, 2.05) is 54.4 Å². The maximum Gasteiger partial charge on any atom is 0.0946 e. The molecule has 2 aromatic carbocycles. The SMILES string of the molecule is C=Cc1ccc(CSC(Cn2ccnc2)SCc2ccc(C=C)cc2)cc1. The molecule has 0 bridgehead atoms. The molecular formula is C23H24N2S2. The second-order valence-electron chi connectivity index (χ2n) is 6.20. The van der Waals surface area contributed by atoms with Crippen LogP contribution in [0, 0.1) is 0 Å². The van der Waals surface area contributed by atoms with Crippen LogP contribution in [0.1, 0.15) is 22.3 Å². The average Bonchev–Trinajstić information content (AvgIpc) is 3.24. The van der Waals surface area contributed by atoms with E-state index in [4.69, 9.17) is 0 Å². The molecule has 138 valence electrons. The highest BCUT2D eigenvalue weighted by Gasteiger charge is 2.12. The topological polar surface area (TPSA) is 17.8 Å². The van der Waals surface area contributed by atoms with Crippen molar-refractivity contribution in [2.45, 2.75) is 22.6 Å². The van der Waals surface area contributed by atoms with Crippen molar-refractivity contribution < 1.29 is 0 Å². The molecule has 27 heavy (non-hydrogen) atoms. The van der Waals surface area contributed by atoms with E-state index in [1.165, 1.54) is 11.1 Å². The molecule has 0 aliphatic carbocycles. The molecule has 3 aromatic rings. The van der Waals surface area contributed by atoms with E-state index in [1.54, 1.807) is 0 Å². The molecule has 0 N–H and O–H groups in total. The van der Waals surface area contributed by atoms with E-state index < -0.39 is 0 Å². The van der Waals surface area contributed by atoms with Gasteiger partial charge >= 0.3 is 0 Å². The van der Waals surface area contributed by atoms with Crippen molar-refractivity contribution in [3.8, 4) is 0 Å². The summed E-state index contributed by atoms with van der Waals surface area (Å²) in [4.78, 5) is 4.18. The lowest BCUT2D eigenvalue weighted by Crippen LogP contribution is -2.09. The van der Waals surface area contributed by atoms with Crippen molar-refractivity contribution in [1.29, 1.82) is 0 Å². The van der Waals surface area contributed by atoms with Gasteiger partial charge in [-0.15, -0.1) is 23.5 Å². The standard InChI is InChI=1S/C23H24N2S2/c1-3-19-5-9-21(10-6-19)16-26-23(15-25-14-13-24-18-25)27-17-22-11-7-20(4-2)8-12-22/h3-14,18,23H,1-2,15-17H2. The van der Waals surface area contributed by atoms with Crippen LogP contribution in [0.2, 0.25) is 0 Å². The molecule has 3 rings (SSSR count). The number of hydrogen-bond acceptors (Lipinski definition) is 3. The molecule has 0 unspecified atom stereocenters. The van der Waals surface area contributed by atoms with Crippen LogP contribution in [0.15, 0.2) is 80.4 Å². The number of nitrogens with zero attached hydrogens (tertiary/aromatic N) is 2. The summed E-state index contributed by atoms with van der Waals surface area (Å²) in [5.74, 6) is 2.00. The Balaban J connectivity index is 1.60. The van der Waals surface area contributed by atoms with E-state index in [2.05, 4.69) is 71.2 Å². The van der Waals surface area contributed by atoms with Gasteiger partial charge in [0.2, 0.25) is 0 Å². The Morgan fingerprint density at radius 3 is 1.78 bits per heavy atom. The summed E-state index contributed by atoms with van der Waals surface area (Å²) in [5, 5.41) is 0. The zero-order valence-corrected chi connectivity index (χ0v) is 17.0. The van der Waals surface area contributed by atoms with Gasteiger partial charge in [0.05, 0.1) is 10.9 Å². The minimum absolute atomic E-state index is 0.456. The fourth-order valence-corrected chi connectivity index (χ4v) is 5.09. The predicted octanol–water partition coefficient (Wildman–Crippen LogP) is 6.36. The van der Waals surface area contributed by atoms with Gasteiger partial charge in [-0.2, -0.15) is 0 Å². The Morgan fingerprint density at radius 2 is 1.37 bits per heavy atom. The summed E-state index contributed by atoms with van der Waals surface area (Å²) in [5.41, 5.74) is 5.02. The molecule has 0 fully saturated rings. The highest BCUT2D eigenvalue weighted by molar-refractivity contribution is 8.16. The van der Waals surface area contributed by atoms with Crippen LogP contribution in [0.5, 0.6) is 0 Å². The predicted molar refractivity (Wildman–Crippen MR) is 122 cm³/mol. The second kappa shape index (κ2) is 10.2. The molecule has 2 nitrogen and oxygen atoms in total. The van der Waals surface area contributed by atoms with E-state index >= 15 is 0 Å². The van der Waals surface area contributed by atoms with Crippen LogP contribution < -0.4 is 0 Å².